The molecular formula is C29H34F3N7O5. The van der Waals surface area contributed by atoms with Gasteiger partial charge in [0.15, 0.2) is 0 Å². The van der Waals surface area contributed by atoms with Gasteiger partial charge in [0.2, 0.25) is 17.9 Å². The molecule has 5 rings (SSSR count). The van der Waals surface area contributed by atoms with E-state index in [1.54, 1.807) is 25.3 Å². The van der Waals surface area contributed by atoms with E-state index in [4.69, 9.17) is 15.6 Å². The van der Waals surface area contributed by atoms with E-state index in [9.17, 15) is 27.9 Å². The van der Waals surface area contributed by atoms with Crippen molar-refractivity contribution in [3.05, 3.63) is 53.3 Å². The van der Waals surface area contributed by atoms with Crippen LogP contribution in [0, 0.1) is 12.3 Å². The number of aromatic nitrogens is 4. The highest BCUT2D eigenvalue weighted by atomic mass is 19.4. The van der Waals surface area contributed by atoms with Crippen LogP contribution in [0.15, 0.2) is 36.5 Å². The highest BCUT2D eigenvalue weighted by Crippen LogP contribution is 2.42. The second kappa shape index (κ2) is 12.3. The molecule has 0 aliphatic carbocycles. The number of alkyl halides is 3. The Morgan fingerprint density at radius 2 is 1.93 bits per heavy atom. The zero-order chi connectivity index (χ0) is 31.6. The van der Waals surface area contributed by atoms with Crippen LogP contribution >= 0.6 is 0 Å². The largest absolute Gasteiger partial charge is 0.481 e. The summed E-state index contributed by atoms with van der Waals surface area (Å²) in [6.07, 6.45) is -3.25. The average Bonchev–Trinajstić information content (AvgIpc) is 3.58. The number of nitrogens with two attached hydrogens (primary N) is 1. The Morgan fingerprint density at radius 1 is 1.18 bits per heavy atom. The summed E-state index contributed by atoms with van der Waals surface area (Å²) < 4.78 is 50.8. The first-order valence-corrected chi connectivity index (χ1v) is 14.3. The van der Waals surface area contributed by atoms with Gasteiger partial charge >= 0.3 is 18.1 Å². The van der Waals surface area contributed by atoms with Gasteiger partial charge in [0.05, 0.1) is 11.4 Å². The van der Waals surface area contributed by atoms with Crippen molar-refractivity contribution < 1.29 is 37.7 Å². The Bertz CT molecular complexity index is 1520. The Morgan fingerprint density at radius 3 is 2.55 bits per heavy atom. The van der Waals surface area contributed by atoms with Crippen molar-refractivity contribution in [3.8, 4) is 11.6 Å². The molecule has 0 amide bonds. The maximum absolute atomic E-state index is 14.6. The molecule has 1 aromatic carbocycles. The van der Waals surface area contributed by atoms with E-state index in [2.05, 4.69) is 20.4 Å². The van der Waals surface area contributed by atoms with Crippen LogP contribution in [0.4, 0.5) is 24.9 Å². The summed E-state index contributed by atoms with van der Waals surface area (Å²) in [5.74, 6) is -2.11. The number of hydrogen-bond acceptors (Lipinski definition) is 9. The number of aliphatic carboxylic acids is 2. The quantitative estimate of drug-likeness (QED) is 0.262. The molecule has 0 saturated carbocycles. The minimum Gasteiger partial charge on any atom is -0.481 e. The molecule has 5 N–H and O–H groups in total. The lowest BCUT2D eigenvalue weighted by molar-refractivity contribution is -0.198. The Balaban J connectivity index is 1.40. The van der Waals surface area contributed by atoms with Crippen LogP contribution in [0.2, 0.25) is 0 Å². The first kappa shape index (κ1) is 31.0. The fourth-order valence-electron chi connectivity index (χ4n) is 5.92. The standard InChI is InChI=1S/C29H34F3N7O5/c1-17-7-10-39(37-17)21-13-18(3-2-4-24(40)41)5-6-19(21)25(29(30,31)32)44-23-14-22(35-27(33)36-23)38-11-8-28(9-12-38)15-20(26(42)43)34-16-28/h5-7,10,13-14,20,25,34H,2-4,8-9,11-12,15-16H2,1H3,(H,40,41)(H,42,43)(H2,33,35,36)/t20?,25-/m1/s1. The van der Waals surface area contributed by atoms with Crippen LogP contribution in [-0.4, -0.2) is 73.8 Å². The normalized spacial score (nSPS) is 18.8. The Kier molecular flexibility index (Phi) is 8.68. The Labute approximate surface area is 251 Å². The third-order valence-electron chi connectivity index (χ3n) is 8.25. The van der Waals surface area contributed by atoms with E-state index >= 15 is 0 Å². The first-order valence-electron chi connectivity index (χ1n) is 14.3. The molecule has 2 aliphatic heterocycles. The third-order valence-corrected chi connectivity index (χ3v) is 8.25. The van der Waals surface area contributed by atoms with E-state index in [1.165, 1.54) is 22.9 Å². The van der Waals surface area contributed by atoms with Crippen molar-refractivity contribution in [2.75, 3.05) is 30.3 Å². The van der Waals surface area contributed by atoms with Crippen LogP contribution in [0.5, 0.6) is 5.88 Å². The number of halogens is 3. The van der Waals surface area contributed by atoms with E-state index < -0.39 is 30.3 Å². The van der Waals surface area contributed by atoms with Crippen molar-refractivity contribution in [1.29, 1.82) is 0 Å². The van der Waals surface area contributed by atoms with Crippen LogP contribution in [0.3, 0.4) is 0 Å². The summed E-state index contributed by atoms with van der Waals surface area (Å²) in [6.45, 7) is 3.32. The first-order chi connectivity index (χ1) is 20.8. The van der Waals surface area contributed by atoms with E-state index in [1.807, 2.05) is 4.90 Å². The maximum atomic E-state index is 14.6. The van der Waals surface area contributed by atoms with Gasteiger partial charge in [0, 0.05) is 43.9 Å². The number of ether oxygens (including phenoxy) is 1. The molecule has 2 aromatic heterocycles. The second-order valence-corrected chi connectivity index (χ2v) is 11.5. The van der Waals surface area contributed by atoms with E-state index in [0.29, 0.717) is 68.8 Å². The van der Waals surface area contributed by atoms with Crippen molar-refractivity contribution in [3.63, 3.8) is 0 Å². The van der Waals surface area contributed by atoms with Crippen molar-refractivity contribution in [2.45, 2.75) is 63.8 Å². The molecule has 2 saturated heterocycles. The zero-order valence-corrected chi connectivity index (χ0v) is 24.0. The number of anilines is 2. The number of carboxylic acid groups (broad SMARTS) is 2. The van der Waals surface area contributed by atoms with Crippen LogP contribution < -0.4 is 20.7 Å². The smallest absolute Gasteiger partial charge is 0.429 e. The third kappa shape index (κ3) is 7.04. The highest BCUT2D eigenvalue weighted by Gasteiger charge is 2.46. The van der Waals surface area contributed by atoms with Gasteiger partial charge in [-0.1, -0.05) is 12.1 Å². The number of aryl methyl sites for hydroxylation is 2. The topological polar surface area (TPSA) is 169 Å². The molecule has 1 spiro atoms. The van der Waals surface area contributed by atoms with Crippen molar-refractivity contribution >= 4 is 23.7 Å². The van der Waals surface area contributed by atoms with Crippen LogP contribution in [0.25, 0.3) is 5.69 Å². The highest BCUT2D eigenvalue weighted by molar-refractivity contribution is 5.74. The number of carbonyl (C=O) groups is 2. The fraction of sp³-hybridized carbons (Fsp3) is 0.483. The molecule has 2 aliphatic rings. The lowest BCUT2D eigenvalue weighted by Crippen LogP contribution is -2.41. The lowest BCUT2D eigenvalue weighted by Gasteiger charge is -2.39. The van der Waals surface area contributed by atoms with Gasteiger partial charge in [-0.25, -0.2) is 4.68 Å². The van der Waals surface area contributed by atoms with Crippen LogP contribution in [0.1, 0.15) is 55.0 Å². The number of nitrogen functional groups attached to an aromatic ring is 1. The molecule has 0 bridgehead atoms. The summed E-state index contributed by atoms with van der Waals surface area (Å²) in [7, 11) is 0. The number of carboxylic acids is 2. The molecule has 236 valence electrons. The van der Waals surface area contributed by atoms with Gasteiger partial charge < -0.3 is 30.9 Å². The minimum absolute atomic E-state index is 0.0680. The predicted molar refractivity (Wildman–Crippen MR) is 153 cm³/mol. The van der Waals surface area contributed by atoms with Crippen molar-refractivity contribution in [1.82, 2.24) is 25.1 Å². The van der Waals surface area contributed by atoms with Gasteiger partial charge in [-0.05, 0) is 62.1 Å². The molecule has 3 aromatic rings. The summed E-state index contributed by atoms with van der Waals surface area (Å²) in [4.78, 5) is 32.4. The second-order valence-electron chi connectivity index (χ2n) is 11.5. The fourth-order valence-corrected chi connectivity index (χ4v) is 5.92. The summed E-state index contributed by atoms with van der Waals surface area (Å²) >= 11 is 0. The van der Waals surface area contributed by atoms with Crippen molar-refractivity contribution in [2.24, 2.45) is 5.41 Å². The molecule has 44 heavy (non-hydrogen) atoms. The van der Waals surface area contributed by atoms with Gasteiger partial charge in [-0.2, -0.15) is 28.2 Å². The van der Waals surface area contributed by atoms with Gasteiger partial charge in [0.25, 0.3) is 0 Å². The summed E-state index contributed by atoms with van der Waals surface area (Å²) in [5, 5.41) is 25.7. The Hall–Kier alpha value is -4.40. The van der Waals surface area contributed by atoms with Gasteiger partial charge in [-0.3, -0.25) is 9.59 Å². The monoisotopic (exact) mass is 617 g/mol. The van der Waals surface area contributed by atoms with E-state index in [0.717, 1.165) is 0 Å². The number of piperidine rings is 1. The predicted octanol–water partition coefficient (Wildman–Crippen LogP) is 3.68. The molecule has 2 fully saturated rings. The molecular weight excluding hydrogens is 583 g/mol. The SMILES string of the molecule is Cc1ccn(-c2cc(CCCC(=O)O)ccc2[C@@H](Oc2cc(N3CCC4(CC3)CNC(C(=O)O)C4)nc(N)n2)C(F)(F)F)n1. The number of benzene rings is 1. The maximum Gasteiger partial charge on any atom is 0.429 e. The molecule has 2 atom stereocenters. The van der Waals surface area contributed by atoms with Crippen LogP contribution in [-0.2, 0) is 16.0 Å². The van der Waals surface area contributed by atoms with E-state index in [-0.39, 0.29) is 34.9 Å². The summed E-state index contributed by atoms with van der Waals surface area (Å²) in [6, 6.07) is 6.80. The molecule has 4 heterocycles. The molecule has 15 heteroatoms. The zero-order valence-electron chi connectivity index (χ0n) is 24.0. The molecule has 12 nitrogen and oxygen atoms in total. The van der Waals surface area contributed by atoms with Gasteiger partial charge in [-0.15, -0.1) is 0 Å². The minimum atomic E-state index is -4.85. The molecule has 1 unspecified atom stereocenters. The lowest BCUT2D eigenvalue weighted by atomic mass is 9.76. The number of nitrogens with one attached hydrogen (secondary N) is 1. The number of hydrogen-bond donors (Lipinski definition) is 4. The number of nitrogens with zero attached hydrogens (tertiary/aromatic N) is 5. The van der Waals surface area contributed by atoms with Gasteiger partial charge in [0.1, 0.15) is 11.9 Å². The summed E-state index contributed by atoms with van der Waals surface area (Å²) in [5.41, 5.74) is 6.95. The average molecular weight is 618 g/mol. The molecule has 0 radical (unpaired) electrons. The number of rotatable bonds is 10.